The molecule has 5 rings (SSSR count). The number of rotatable bonds is 18. The molecule has 0 saturated carbocycles. The molecule has 0 aliphatic carbocycles. The van der Waals surface area contributed by atoms with E-state index in [0.29, 0.717) is 5.75 Å². The molecule has 1 aliphatic heterocycles. The van der Waals surface area contributed by atoms with Gasteiger partial charge >= 0.3 is 12.1 Å². The summed E-state index contributed by atoms with van der Waals surface area (Å²) in [5.41, 5.74) is 1.79. The molecule has 0 spiro atoms. The van der Waals surface area contributed by atoms with Crippen molar-refractivity contribution in [3.8, 4) is 11.5 Å². The molecule has 0 radical (unpaired) electrons. The number of hydrogen-bond donors (Lipinski definition) is 3. The van der Waals surface area contributed by atoms with Gasteiger partial charge in [-0.25, -0.2) is 9.59 Å². The normalized spacial score (nSPS) is 19.4. The summed E-state index contributed by atoms with van der Waals surface area (Å²) in [6.07, 6.45) is -4.93. The van der Waals surface area contributed by atoms with Crippen LogP contribution in [-0.4, -0.2) is 86.2 Å². The van der Waals surface area contributed by atoms with Crippen LogP contribution in [0, 0.1) is 0 Å². The van der Waals surface area contributed by atoms with Crippen molar-refractivity contribution in [3.05, 3.63) is 132 Å². The van der Waals surface area contributed by atoms with Gasteiger partial charge in [0.2, 0.25) is 5.91 Å². The monoisotopic (exact) mass is 811 g/mol. The maximum absolute atomic E-state index is 14.4. The second kappa shape index (κ2) is 21.8. The minimum atomic E-state index is -1.41. The summed E-state index contributed by atoms with van der Waals surface area (Å²) < 4.78 is 42.0. The summed E-state index contributed by atoms with van der Waals surface area (Å²) in [6, 6.07) is 32.4. The first-order chi connectivity index (χ1) is 28.4. The summed E-state index contributed by atoms with van der Waals surface area (Å²) in [5, 5.41) is 8.12. The molecule has 4 aromatic rings. The second-order valence-electron chi connectivity index (χ2n) is 14.9. The lowest BCUT2D eigenvalue weighted by molar-refractivity contribution is -0.230. The van der Waals surface area contributed by atoms with Gasteiger partial charge in [0, 0.05) is 13.5 Å². The van der Waals surface area contributed by atoms with Crippen LogP contribution in [0.3, 0.4) is 0 Å². The van der Waals surface area contributed by atoms with Crippen LogP contribution in [0.4, 0.5) is 4.79 Å². The fourth-order valence-corrected chi connectivity index (χ4v) is 6.27. The lowest BCUT2D eigenvalue weighted by atomic mass is 9.91. The topological polar surface area (TPSA) is 169 Å². The Kier molecular flexibility index (Phi) is 16.4. The van der Waals surface area contributed by atoms with Crippen molar-refractivity contribution < 1.29 is 52.3 Å². The molecule has 1 saturated heterocycles. The SMILES string of the molecule is COc1ccc(OC(=O)[C@H](CNC(=O)C2OC(COCc3ccccc3)C(OCc3ccccc3)C(OCc3ccccc3)C2NC(C)=O)NC(=O)OC(C)(C)C)cc1. The van der Waals surface area contributed by atoms with E-state index < -0.39 is 72.5 Å². The first kappa shape index (κ1) is 44.3. The molecule has 1 aliphatic rings. The fraction of sp³-hybridized carbons (Fsp3) is 0.378. The van der Waals surface area contributed by atoms with Gasteiger partial charge in [-0.1, -0.05) is 91.0 Å². The molecular weight excluding hydrogens is 759 g/mol. The quantitative estimate of drug-likeness (QED) is 0.0885. The summed E-state index contributed by atoms with van der Waals surface area (Å²) in [6.45, 7) is 6.46. The number of hydrogen-bond acceptors (Lipinski definition) is 11. The van der Waals surface area contributed by atoms with Gasteiger partial charge in [0.15, 0.2) is 6.10 Å². The Morgan fingerprint density at radius 1 is 0.712 bits per heavy atom. The number of nitrogens with one attached hydrogen (secondary N) is 3. The van der Waals surface area contributed by atoms with Gasteiger partial charge in [-0.05, 0) is 61.7 Å². The minimum Gasteiger partial charge on any atom is -0.497 e. The Bertz CT molecular complexity index is 1930. The van der Waals surface area contributed by atoms with E-state index >= 15 is 0 Å². The zero-order valence-corrected chi connectivity index (χ0v) is 34.0. The number of benzene rings is 4. The molecule has 59 heavy (non-hydrogen) atoms. The van der Waals surface area contributed by atoms with E-state index in [4.69, 9.17) is 33.2 Å². The van der Waals surface area contributed by atoms with Crippen LogP contribution in [0.15, 0.2) is 115 Å². The van der Waals surface area contributed by atoms with E-state index in [2.05, 4.69) is 16.0 Å². The Morgan fingerprint density at radius 2 is 1.24 bits per heavy atom. The molecule has 14 nitrogen and oxygen atoms in total. The molecule has 0 aromatic heterocycles. The number of carbonyl (C=O) groups is 4. The summed E-state index contributed by atoms with van der Waals surface area (Å²) in [4.78, 5) is 53.7. The molecule has 3 N–H and O–H groups in total. The molecule has 4 aromatic carbocycles. The fourth-order valence-electron chi connectivity index (χ4n) is 6.27. The maximum Gasteiger partial charge on any atom is 0.408 e. The molecular formula is C45H53N3O11. The van der Waals surface area contributed by atoms with E-state index in [1.54, 1.807) is 32.9 Å². The highest BCUT2D eigenvalue weighted by Crippen LogP contribution is 2.29. The van der Waals surface area contributed by atoms with Gasteiger partial charge in [-0.3, -0.25) is 9.59 Å². The Labute approximate surface area is 344 Å². The van der Waals surface area contributed by atoms with Gasteiger partial charge in [0.25, 0.3) is 5.91 Å². The molecule has 0 bridgehead atoms. The van der Waals surface area contributed by atoms with Crippen molar-refractivity contribution in [3.63, 3.8) is 0 Å². The summed E-state index contributed by atoms with van der Waals surface area (Å²) in [5.74, 6) is -1.31. The molecule has 314 valence electrons. The van der Waals surface area contributed by atoms with Crippen molar-refractivity contribution in [1.29, 1.82) is 0 Å². The zero-order valence-electron chi connectivity index (χ0n) is 34.0. The van der Waals surface area contributed by atoms with Crippen LogP contribution < -0.4 is 25.4 Å². The Balaban J connectivity index is 1.43. The van der Waals surface area contributed by atoms with Crippen LogP contribution in [-0.2, 0) is 57.9 Å². The van der Waals surface area contributed by atoms with Crippen LogP contribution in [0.2, 0.25) is 0 Å². The first-order valence-electron chi connectivity index (χ1n) is 19.4. The number of methoxy groups -OCH3 is 1. The van der Waals surface area contributed by atoms with Gasteiger partial charge in [0.1, 0.15) is 41.5 Å². The third-order valence-electron chi connectivity index (χ3n) is 9.02. The number of carbonyl (C=O) groups excluding carboxylic acids is 4. The van der Waals surface area contributed by atoms with Crippen LogP contribution in [0.5, 0.6) is 11.5 Å². The van der Waals surface area contributed by atoms with E-state index in [1.807, 2.05) is 91.0 Å². The lowest BCUT2D eigenvalue weighted by Crippen LogP contribution is -2.68. The Morgan fingerprint density at radius 3 is 1.76 bits per heavy atom. The van der Waals surface area contributed by atoms with Gasteiger partial charge < -0.3 is 49.1 Å². The van der Waals surface area contributed by atoms with Gasteiger partial charge in [-0.15, -0.1) is 0 Å². The number of amides is 3. The molecule has 3 amide bonds. The van der Waals surface area contributed by atoms with Crippen LogP contribution in [0.25, 0.3) is 0 Å². The first-order valence-corrected chi connectivity index (χ1v) is 19.4. The maximum atomic E-state index is 14.4. The van der Waals surface area contributed by atoms with Crippen molar-refractivity contribution in [2.24, 2.45) is 0 Å². The van der Waals surface area contributed by atoms with Crippen molar-refractivity contribution in [1.82, 2.24) is 16.0 Å². The zero-order chi connectivity index (χ0) is 42.2. The molecule has 1 heterocycles. The summed E-state index contributed by atoms with van der Waals surface area (Å²) in [7, 11) is 1.51. The highest BCUT2D eigenvalue weighted by atomic mass is 16.6. The minimum absolute atomic E-state index is 0.00681. The van der Waals surface area contributed by atoms with Crippen LogP contribution >= 0.6 is 0 Å². The average Bonchev–Trinajstić information content (AvgIpc) is 3.22. The predicted octanol–water partition coefficient (Wildman–Crippen LogP) is 5.27. The smallest absolute Gasteiger partial charge is 0.408 e. The molecule has 14 heteroatoms. The number of ether oxygens (including phenoxy) is 7. The van der Waals surface area contributed by atoms with E-state index in [-0.39, 0.29) is 32.2 Å². The van der Waals surface area contributed by atoms with E-state index in [0.717, 1.165) is 16.7 Å². The van der Waals surface area contributed by atoms with Crippen molar-refractivity contribution in [2.45, 2.75) is 89.6 Å². The third-order valence-corrected chi connectivity index (χ3v) is 9.02. The van der Waals surface area contributed by atoms with Gasteiger partial charge in [0.05, 0.1) is 39.6 Å². The summed E-state index contributed by atoms with van der Waals surface area (Å²) >= 11 is 0. The van der Waals surface area contributed by atoms with Crippen molar-refractivity contribution in [2.75, 3.05) is 20.3 Å². The third kappa shape index (κ3) is 14.2. The highest BCUT2D eigenvalue weighted by Gasteiger charge is 2.50. The number of alkyl carbamates (subject to hydrolysis) is 1. The van der Waals surface area contributed by atoms with E-state index in [1.165, 1.54) is 26.2 Å². The second-order valence-corrected chi connectivity index (χ2v) is 14.9. The number of esters is 1. The molecule has 5 unspecified atom stereocenters. The van der Waals surface area contributed by atoms with Gasteiger partial charge in [-0.2, -0.15) is 0 Å². The lowest BCUT2D eigenvalue weighted by Gasteiger charge is -2.46. The van der Waals surface area contributed by atoms with Crippen LogP contribution in [0.1, 0.15) is 44.4 Å². The largest absolute Gasteiger partial charge is 0.497 e. The Hall–Kier alpha value is -5.80. The average molecular weight is 812 g/mol. The molecule has 6 atom stereocenters. The molecule has 1 fully saturated rings. The standard InChI is InChI=1S/C45H53N3O11/c1-30(49)47-38-40(56-28-33-19-13-8-14-20-33)39(55-27-32-17-11-7-12-18-32)37(29-54-26-31-15-9-6-10-16-31)58-41(38)42(50)46-25-36(48-44(52)59-45(2,3)4)43(51)57-35-23-21-34(53-5)22-24-35/h6-24,36-41H,25-29H2,1-5H3,(H,46,50)(H,47,49)(H,48,52)/t36-,37?,38?,39?,40?,41?/m0/s1. The highest BCUT2D eigenvalue weighted by molar-refractivity contribution is 5.86. The predicted molar refractivity (Wildman–Crippen MR) is 217 cm³/mol. The van der Waals surface area contributed by atoms with Crippen molar-refractivity contribution >= 4 is 23.9 Å². The van der Waals surface area contributed by atoms with E-state index in [9.17, 15) is 19.2 Å².